The molecule has 0 fully saturated rings. The monoisotopic (exact) mass is 684 g/mol. The third-order valence-corrected chi connectivity index (χ3v) is 16.0. The summed E-state index contributed by atoms with van der Waals surface area (Å²) >= 11 is 14.5. The second-order valence-electron chi connectivity index (χ2n) is 9.44. The van der Waals surface area contributed by atoms with Crippen LogP contribution in [0.4, 0.5) is 0 Å². The summed E-state index contributed by atoms with van der Waals surface area (Å²) in [5, 5.41) is 6.43. The highest BCUT2D eigenvalue weighted by atomic mass is 32.1. The standard InChI is InChI=1S/C32H16N2S8/c1-3-19(35-13-1)21-5-7-23(37-21)25-9-11-27(39-25)31-33-17-15-30-18(16-29(17)41-31)34-32(42-30)28-12-10-26(40-28)24-8-6-22(38-24)20-4-2-14-36-20/h1-16H. The van der Waals surface area contributed by atoms with E-state index in [1.54, 1.807) is 45.3 Å². The fourth-order valence-corrected chi connectivity index (χ4v) is 12.7. The van der Waals surface area contributed by atoms with Crippen molar-refractivity contribution in [2.45, 2.75) is 0 Å². The van der Waals surface area contributed by atoms with Crippen molar-refractivity contribution in [1.29, 1.82) is 0 Å². The smallest absolute Gasteiger partial charge is 0.134 e. The lowest BCUT2D eigenvalue weighted by Gasteiger charge is -1.91. The molecule has 8 aromatic heterocycles. The Balaban J connectivity index is 0.987. The van der Waals surface area contributed by atoms with Gasteiger partial charge in [0.15, 0.2) is 0 Å². The molecule has 8 heterocycles. The Morgan fingerprint density at radius 3 is 1.10 bits per heavy atom. The van der Waals surface area contributed by atoms with Crippen LogP contribution in [-0.4, -0.2) is 9.97 Å². The van der Waals surface area contributed by atoms with Crippen LogP contribution in [0.5, 0.6) is 0 Å². The van der Waals surface area contributed by atoms with E-state index in [1.165, 1.54) is 58.2 Å². The number of fused-ring (bicyclic) bond motifs is 2. The van der Waals surface area contributed by atoms with Crippen LogP contribution in [0.3, 0.4) is 0 Å². The molecule has 0 saturated heterocycles. The maximum absolute atomic E-state index is 5.05. The molecule has 0 spiro atoms. The molecular weight excluding hydrogens is 669 g/mol. The zero-order valence-electron chi connectivity index (χ0n) is 21.4. The lowest BCUT2D eigenvalue weighted by Crippen LogP contribution is -1.71. The highest BCUT2D eigenvalue weighted by molar-refractivity contribution is 7.30. The van der Waals surface area contributed by atoms with Crippen molar-refractivity contribution in [2.24, 2.45) is 0 Å². The van der Waals surface area contributed by atoms with Gasteiger partial charge in [-0.3, -0.25) is 0 Å². The van der Waals surface area contributed by atoms with Gasteiger partial charge < -0.3 is 0 Å². The van der Waals surface area contributed by atoms with E-state index in [0.717, 1.165) is 21.0 Å². The topological polar surface area (TPSA) is 25.8 Å². The minimum Gasteiger partial charge on any atom is -0.235 e. The number of benzene rings is 1. The van der Waals surface area contributed by atoms with Crippen LogP contribution in [0.2, 0.25) is 0 Å². The predicted molar refractivity (Wildman–Crippen MR) is 193 cm³/mol. The lowest BCUT2D eigenvalue weighted by atomic mass is 10.3. The first-order valence-electron chi connectivity index (χ1n) is 12.9. The average Bonchev–Trinajstić information content (AvgIpc) is 3.84. The summed E-state index contributed by atoms with van der Waals surface area (Å²) in [4.78, 5) is 23.1. The molecule has 1 aromatic carbocycles. The quantitative estimate of drug-likeness (QED) is 0.174. The zero-order chi connectivity index (χ0) is 27.6. The second-order valence-corrected chi connectivity index (χ2v) is 17.7. The summed E-state index contributed by atoms with van der Waals surface area (Å²) in [6.45, 7) is 0. The molecule has 9 aromatic rings. The van der Waals surface area contributed by atoms with E-state index in [1.807, 2.05) is 45.3 Å². The fourth-order valence-electron chi connectivity index (χ4n) is 4.77. The van der Waals surface area contributed by atoms with Gasteiger partial charge >= 0.3 is 0 Å². The normalized spacial score (nSPS) is 11.8. The van der Waals surface area contributed by atoms with Crippen molar-refractivity contribution in [1.82, 2.24) is 9.97 Å². The summed E-state index contributed by atoms with van der Waals surface area (Å²) in [6, 6.07) is 30.9. The molecule has 0 N–H and O–H groups in total. The van der Waals surface area contributed by atoms with E-state index in [4.69, 9.17) is 9.97 Å². The molecule has 2 nitrogen and oxygen atoms in total. The summed E-state index contributed by atoms with van der Waals surface area (Å²) in [7, 11) is 0. The highest BCUT2D eigenvalue weighted by Crippen LogP contribution is 2.45. The molecule has 0 saturated carbocycles. The molecule has 0 aliphatic rings. The first-order valence-corrected chi connectivity index (χ1v) is 19.6. The molecule has 202 valence electrons. The van der Waals surface area contributed by atoms with Gasteiger partial charge in [0.05, 0.1) is 30.2 Å². The number of hydrogen-bond acceptors (Lipinski definition) is 10. The first-order chi connectivity index (χ1) is 20.7. The van der Waals surface area contributed by atoms with Crippen LogP contribution in [-0.2, 0) is 0 Å². The van der Waals surface area contributed by atoms with Crippen LogP contribution in [0, 0.1) is 0 Å². The van der Waals surface area contributed by atoms with Crippen molar-refractivity contribution in [3.63, 3.8) is 0 Å². The van der Waals surface area contributed by atoms with Crippen molar-refractivity contribution in [3.8, 4) is 58.8 Å². The second kappa shape index (κ2) is 10.4. The van der Waals surface area contributed by atoms with Gasteiger partial charge in [0, 0.05) is 39.0 Å². The molecule has 9 rings (SSSR count). The molecule has 0 atom stereocenters. The van der Waals surface area contributed by atoms with Gasteiger partial charge in [-0.15, -0.1) is 90.7 Å². The Kier molecular flexibility index (Phi) is 6.37. The third kappa shape index (κ3) is 4.58. The van der Waals surface area contributed by atoms with Gasteiger partial charge in [0.2, 0.25) is 0 Å². The molecule has 0 aliphatic carbocycles. The SMILES string of the molecule is c1csc(-c2ccc(-c3ccc(-c4nc5cc6sc(-c7ccc(-c8ccc(-c9cccs9)s8)s7)nc6cc5s4)s3)s2)c1. The minimum absolute atomic E-state index is 1.05. The van der Waals surface area contributed by atoms with E-state index < -0.39 is 0 Å². The summed E-state index contributed by atoms with van der Waals surface area (Å²) < 4.78 is 2.37. The Morgan fingerprint density at radius 1 is 0.357 bits per heavy atom. The van der Waals surface area contributed by atoms with E-state index >= 15 is 0 Å². The van der Waals surface area contributed by atoms with E-state index in [9.17, 15) is 0 Å². The number of aromatic nitrogens is 2. The average molecular weight is 685 g/mol. The van der Waals surface area contributed by atoms with E-state index in [-0.39, 0.29) is 0 Å². The van der Waals surface area contributed by atoms with Crippen molar-refractivity contribution >= 4 is 111 Å². The molecule has 0 unspecified atom stereocenters. The lowest BCUT2D eigenvalue weighted by molar-refractivity contribution is 1.49. The summed E-state index contributed by atoms with van der Waals surface area (Å²) in [5.41, 5.74) is 2.10. The van der Waals surface area contributed by atoms with Crippen LogP contribution in [0.15, 0.2) is 95.7 Å². The van der Waals surface area contributed by atoms with Gasteiger partial charge in [-0.1, -0.05) is 12.1 Å². The Labute approximate surface area is 273 Å². The van der Waals surface area contributed by atoms with Gasteiger partial charge in [-0.05, 0) is 83.6 Å². The Hall–Kier alpha value is -2.80. The molecule has 10 heteroatoms. The van der Waals surface area contributed by atoms with Crippen molar-refractivity contribution < 1.29 is 0 Å². The van der Waals surface area contributed by atoms with Gasteiger partial charge in [0.25, 0.3) is 0 Å². The van der Waals surface area contributed by atoms with Crippen LogP contribution in [0.25, 0.3) is 79.2 Å². The number of hydrogen-bond donors (Lipinski definition) is 0. The van der Waals surface area contributed by atoms with Gasteiger partial charge in [-0.2, -0.15) is 0 Å². The Morgan fingerprint density at radius 2 is 0.714 bits per heavy atom. The van der Waals surface area contributed by atoms with Crippen molar-refractivity contribution in [2.75, 3.05) is 0 Å². The molecule has 0 radical (unpaired) electrons. The largest absolute Gasteiger partial charge is 0.235 e. The highest BCUT2D eigenvalue weighted by Gasteiger charge is 2.16. The fraction of sp³-hybridized carbons (Fsp3) is 0. The Bertz CT molecular complexity index is 2100. The van der Waals surface area contributed by atoms with E-state index in [2.05, 4.69) is 95.7 Å². The number of nitrogens with zero attached hydrogens (tertiary/aromatic N) is 2. The number of thiophene rings is 6. The molecule has 0 amide bonds. The molecule has 0 bridgehead atoms. The van der Waals surface area contributed by atoms with Crippen LogP contribution < -0.4 is 0 Å². The van der Waals surface area contributed by atoms with Crippen LogP contribution in [0.1, 0.15) is 0 Å². The number of rotatable bonds is 6. The summed E-state index contributed by atoms with van der Waals surface area (Å²) in [5.74, 6) is 0. The maximum atomic E-state index is 5.05. The van der Waals surface area contributed by atoms with Gasteiger partial charge in [0.1, 0.15) is 10.0 Å². The molecular formula is C32H16N2S8. The zero-order valence-corrected chi connectivity index (χ0v) is 27.9. The van der Waals surface area contributed by atoms with Crippen molar-refractivity contribution in [3.05, 3.63) is 95.7 Å². The van der Waals surface area contributed by atoms with Crippen LogP contribution >= 0.6 is 90.7 Å². The maximum Gasteiger partial charge on any atom is 0.134 e. The number of thiazole rings is 2. The summed E-state index contributed by atoms with van der Waals surface area (Å²) in [6.07, 6.45) is 0. The van der Waals surface area contributed by atoms with Gasteiger partial charge in [-0.25, -0.2) is 9.97 Å². The third-order valence-electron chi connectivity index (χ3n) is 6.76. The van der Waals surface area contributed by atoms with E-state index in [0.29, 0.717) is 0 Å². The molecule has 42 heavy (non-hydrogen) atoms. The minimum atomic E-state index is 1.05. The molecule has 0 aliphatic heterocycles. The first kappa shape index (κ1) is 25.7. The predicted octanol–water partition coefficient (Wildman–Crippen LogP) is 13.3.